The number of nitrogens with zero attached hydrogens (tertiary/aromatic N) is 2. The van der Waals surface area contributed by atoms with Crippen LogP contribution in [0.5, 0.6) is 0 Å². The highest BCUT2D eigenvalue weighted by atomic mass is 16.4. The van der Waals surface area contributed by atoms with Crippen molar-refractivity contribution in [2.75, 3.05) is 36.8 Å². The van der Waals surface area contributed by atoms with Crippen LogP contribution >= 0.6 is 0 Å². The van der Waals surface area contributed by atoms with Crippen molar-refractivity contribution in [3.63, 3.8) is 0 Å². The van der Waals surface area contributed by atoms with Crippen LogP contribution < -0.4 is 10.6 Å². The molecule has 0 atom stereocenters. The third-order valence-electron chi connectivity index (χ3n) is 3.02. The molecule has 1 aromatic rings. The van der Waals surface area contributed by atoms with Gasteiger partial charge in [0.2, 0.25) is 0 Å². The molecule has 0 bridgehead atoms. The van der Waals surface area contributed by atoms with Crippen molar-refractivity contribution in [1.82, 2.24) is 4.90 Å². The zero-order valence-electron chi connectivity index (χ0n) is 9.67. The van der Waals surface area contributed by atoms with Crippen LogP contribution in [0.1, 0.15) is 6.42 Å². The molecule has 0 saturated carbocycles. The fourth-order valence-electron chi connectivity index (χ4n) is 2.05. The molecule has 1 heterocycles. The first-order chi connectivity index (χ1) is 8.16. The fourth-order valence-corrected chi connectivity index (χ4v) is 2.05. The van der Waals surface area contributed by atoms with Gasteiger partial charge in [-0.15, -0.1) is 0 Å². The van der Waals surface area contributed by atoms with E-state index in [1.807, 2.05) is 24.3 Å². The lowest BCUT2D eigenvalue weighted by Gasteiger charge is -2.22. The summed E-state index contributed by atoms with van der Waals surface area (Å²) in [6.45, 7) is 2.78. The Kier molecular flexibility index (Phi) is 3.37. The van der Waals surface area contributed by atoms with Gasteiger partial charge in [-0.2, -0.15) is 0 Å². The van der Waals surface area contributed by atoms with Gasteiger partial charge in [0.25, 0.3) is 0 Å². The lowest BCUT2D eigenvalue weighted by molar-refractivity contribution is 0.148. The number of amides is 1. The first-order valence-corrected chi connectivity index (χ1v) is 5.75. The number of hydrogen-bond donors (Lipinski definition) is 2. The summed E-state index contributed by atoms with van der Waals surface area (Å²) < 4.78 is 0. The summed E-state index contributed by atoms with van der Waals surface area (Å²) in [5.74, 6) is 0. The second-order valence-corrected chi connectivity index (χ2v) is 4.20. The van der Waals surface area contributed by atoms with Gasteiger partial charge >= 0.3 is 6.09 Å². The van der Waals surface area contributed by atoms with E-state index in [9.17, 15) is 4.79 Å². The predicted octanol–water partition coefficient (Wildman–Crippen LogP) is 1.46. The summed E-state index contributed by atoms with van der Waals surface area (Å²) in [5.41, 5.74) is 7.49. The Morgan fingerprint density at radius 1 is 1.12 bits per heavy atom. The molecular weight excluding hydrogens is 218 g/mol. The van der Waals surface area contributed by atoms with Gasteiger partial charge in [-0.3, -0.25) is 0 Å². The van der Waals surface area contributed by atoms with Crippen molar-refractivity contribution >= 4 is 17.5 Å². The summed E-state index contributed by atoms with van der Waals surface area (Å²) in [7, 11) is 0. The SMILES string of the molecule is Nc1ccc(N2CCCN(C(=O)O)CC2)cc1. The van der Waals surface area contributed by atoms with Crippen LogP contribution in [-0.4, -0.2) is 42.3 Å². The molecule has 3 N–H and O–H groups in total. The minimum atomic E-state index is -0.829. The maximum atomic E-state index is 10.9. The number of benzene rings is 1. The van der Waals surface area contributed by atoms with Crippen LogP contribution in [0.2, 0.25) is 0 Å². The Labute approximate surface area is 100 Å². The Bertz CT molecular complexity index is 391. The quantitative estimate of drug-likeness (QED) is 0.723. The van der Waals surface area contributed by atoms with Crippen LogP contribution in [0.25, 0.3) is 0 Å². The molecule has 5 heteroatoms. The predicted molar refractivity (Wildman–Crippen MR) is 67.3 cm³/mol. The standard InChI is InChI=1S/C12H17N3O2/c13-10-2-4-11(5-3-10)14-6-1-7-15(9-8-14)12(16)17/h2-5H,1,6-9,13H2,(H,16,17). The normalized spacial score (nSPS) is 16.7. The lowest BCUT2D eigenvalue weighted by Crippen LogP contribution is -2.34. The molecule has 0 aromatic heterocycles. The average Bonchev–Trinajstić information content (AvgIpc) is 2.55. The Morgan fingerprint density at radius 2 is 1.82 bits per heavy atom. The number of rotatable bonds is 1. The van der Waals surface area contributed by atoms with E-state index in [-0.39, 0.29) is 0 Å². The van der Waals surface area contributed by atoms with Gasteiger partial charge in [-0.25, -0.2) is 4.79 Å². The average molecular weight is 235 g/mol. The van der Waals surface area contributed by atoms with Crippen LogP contribution in [-0.2, 0) is 0 Å². The highest BCUT2D eigenvalue weighted by Crippen LogP contribution is 2.18. The van der Waals surface area contributed by atoms with Crippen LogP contribution in [0.3, 0.4) is 0 Å². The van der Waals surface area contributed by atoms with E-state index in [1.54, 1.807) is 0 Å². The Morgan fingerprint density at radius 3 is 2.47 bits per heavy atom. The monoisotopic (exact) mass is 235 g/mol. The van der Waals surface area contributed by atoms with Crippen molar-refractivity contribution in [2.45, 2.75) is 6.42 Å². The molecule has 92 valence electrons. The molecule has 0 unspecified atom stereocenters. The summed E-state index contributed by atoms with van der Waals surface area (Å²) in [5, 5.41) is 8.95. The van der Waals surface area contributed by atoms with Crippen LogP contribution in [0, 0.1) is 0 Å². The highest BCUT2D eigenvalue weighted by molar-refractivity contribution is 5.65. The van der Waals surface area contributed by atoms with Gasteiger partial charge in [0, 0.05) is 37.6 Å². The summed E-state index contributed by atoms with van der Waals surface area (Å²) in [6.07, 6.45) is 0.0283. The van der Waals surface area contributed by atoms with E-state index in [0.717, 1.165) is 30.9 Å². The fraction of sp³-hybridized carbons (Fsp3) is 0.417. The van der Waals surface area contributed by atoms with Crippen molar-refractivity contribution in [3.05, 3.63) is 24.3 Å². The minimum Gasteiger partial charge on any atom is -0.465 e. The molecule has 5 nitrogen and oxygen atoms in total. The van der Waals surface area contributed by atoms with E-state index in [1.165, 1.54) is 4.90 Å². The summed E-state index contributed by atoms with van der Waals surface area (Å²) in [6, 6.07) is 7.70. The molecule has 1 saturated heterocycles. The van der Waals surface area contributed by atoms with Crippen molar-refractivity contribution < 1.29 is 9.90 Å². The second-order valence-electron chi connectivity index (χ2n) is 4.20. The van der Waals surface area contributed by atoms with Gasteiger partial charge in [0.15, 0.2) is 0 Å². The molecule has 17 heavy (non-hydrogen) atoms. The van der Waals surface area contributed by atoms with Crippen LogP contribution in [0.15, 0.2) is 24.3 Å². The first kappa shape index (κ1) is 11.6. The second kappa shape index (κ2) is 4.95. The van der Waals surface area contributed by atoms with E-state index in [2.05, 4.69) is 4.90 Å². The van der Waals surface area contributed by atoms with Gasteiger partial charge in [0.05, 0.1) is 0 Å². The summed E-state index contributed by atoms with van der Waals surface area (Å²) in [4.78, 5) is 14.6. The van der Waals surface area contributed by atoms with E-state index in [0.29, 0.717) is 13.1 Å². The molecule has 1 fully saturated rings. The highest BCUT2D eigenvalue weighted by Gasteiger charge is 2.18. The molecule has 0 radical (unpaired) electrons. The molecular formula is C12H17N3O2. The van der Waals surface area contributed by atoms with Gasteiger partial charge < -0.3 is 20.6 Å². The van der Waals surface area contributed by atoms with Crippen molar-refractivity contribution in [3.8, 4) is 0 Å². The molecule has 0 spiro atoms. The zero-order valence-corrected chi connectivity index (χ0v) is 9.67. The number of nitrogens with two attached hydrogens (primary N) is 1. The zero-order chi connectivity index (χ0) is 12.3. The number of anilines is 2. The minimum absolute atomic E-state index is 0.555. The third kappa shape index (κ3) is 2.81. The smallest absolute Gasteiger partial charge is 0.407 e. The lowest BCUT2D eigenvalue weighted by atomic mass is 10.2. The molecule has 1 aliphatic heterocycles. The maximum absolute atomic E-state index is 10.9. The molecule has 1 aliphatic rings. The molecule has 1 amide bonds. The number of carboxylic acid groups (broad SMARTS) is 1. The first-order valence-electron chi connectivity index (χ1n) is 5.75. The van der Waals surface area contributed by atoms with Crippen molar-refractivity contribution in [1.29, 1.82) is 0 Å². The largest absolute Gasteiger partial charge is 0.465 e. The van der Waals surface area contributed by atoms with Crippen LogP contribution in [0.4, 0.5) is 16.2 Å². The van der Waals surface area contributed by atoms with E-state index in [4.69, 9.17) is 10.8 Å². The number of hydrogen-bond acceptors (Lipinski definition) is 3. The van der Waals surface area contributed by atoms with Gasteiger partial charge in [-0.05, 0) is 30.7 Å². The summed E-state index contributed by atoms with van der Waals surface area (Å²) >= 11 is 0. The van der Waals surface area contributed by atoms with E-state index < -0.39 is 6.09 Å². The third-order valence-corrected chi connectivity index (χ3v) is 3.02. The number of nitrogen functional groups attached to an aromatic ring is 1. The van der Waals surface area contributed by atoms with Crippen molar-refractivity contribution in [2.24, 2.45) is 0 Å². The van der Waals surface area contributed by atoms with E-state index >= 15 is 0 Å². The Balaban J connectivity index is 2.03. The van der Waals surface area contributed by atoms with Gasteiger partial charge in [0.1, 0.15) is 0 Å². The molecule has 0 aliphatic carbocycles. The molecule has 2 rings (SSSR count). The maximum Gasteiger partial charge on any atom is 0.407 e. The number of carbonyl (C=O) groups is 1. The topological polar surface area (TPSA) is 69.8 Å². The van der Waals surface area contributed by atoms with Gasteiger partial charge in [-0.1, -0.05) is 0 Å². The Hall–Kier alpha value is -1.91. The molecule has 1 aromatic carbocycles.